The first-order valence-electron chi connectivity index (χ1n) is 9.76. The largest absolute Gasteiger partial charge is 0.394 e. The van der Waals surface area contributed by atoms with E-state index in [1.54, 1.807) is 0 Å². The van der Waals surface area contributed by atoms with Crippen LogP contribution in [0.15, 0.2) is 0 Å². The number of carbonyl (C=O) groups excluding carboxylic acids is 2. The van der Waals surface area contributed by atoms with Crippen LogP contribution in [0.2, 0.25) is 0 Å². The van der Waals surface area contributed by atoms with E-state index in [2.05, 4.69) is 13.8 Å². The van der Waals surface area contributed by atoms with Gasteiger partial charge in [0.2, 0.25) is 0 Å². The van der Waals surface area contributed by atoms with Crippen LogP contribution in [-0.4, -0.2) is 46.3 Å². The lowest BCUT2D eigenvalue weighted by Crippen LogP contribution is -2.44. The molecule has 0 aromatic rings. The molecule has 6 heteroatoms. The molecular formula is C19H38N2O4. The van der Waals surface area contributed by atoms with E-state index in [0.29, 0.717) is 11.5 Å². The number of nitrogens with zero attached hydrogens (tertiary/aromatic N) is 1. The quantitative estimate of drug-likeness (QED) is 0.223. The third-order valence-corrected chi connectivity index (χ3v) is 4.36. The van der Waals surface area contributed by atoms with Crippen molar-refractivity contribution in [3.63, 3.8) is 0 Å². The van der Waals surface area contributed by atoms with Crippen LogP contribution in [0, 0.1) is 5.92 Å². The molecule has 1 unspecified atom stereocenters. The highest BCUT2D eigenvalue weighted by Crippen LogP contribution is 2.13. The summed E-state index contributed by atoms with van der Waals surface area (Å²) < 4.78 is 0. The topological polar surface area (TPSA) is 104 Å². The van der Waals surface area contributed by atoms with Crippen molar-refractivity contribution in [3.8, 4) is 0 Å². The fraction of sp³-hybridized carbons (Fsp3) is 0.895. The summed E-state index contributed by atoms with van der Waals surface area (Å²) in [5, 5.41) is 18.6. The minimum absolute atomic E-state index is 0.0399. The summed E-state index contributed by atoms with van der Waals surface area (Å²) in [5.74, 6) is 0.0850. The molecule has 0 aliphatic heterocycles. The first-order chi connectivity index (χ1) is 11.9. The average Bonchev–Trinajstić information content (AvgIpc) is 2.59. The Hall–Kier alpha value is -0.980. The highest BCUT2D eigenvalue weighted by molar-refractivity contribution is 5.82. The minimum atomic E-state index is -1.13. The van der Waals surface area contributed by atoms with Crippen LogP contribution >= 0.6 is 0 Å². The van der Waals surface area contributed by atoms with E-state index in [4.69, 9.17) is 10.8 Å². The van der Waals surface area contributed by atoms with Crippen molar-refractivity contribution in [2.75, 3.05) is 13.2 Å². The fourth-order valence-corrected chi connectivity index (χ4v) is 2.67. The van der Waals surface area contributed by atoms with Gasteiger partial charge < -0.3 is 10.8 Å². The molecule has 0 aromatic heterocycles. The van der Waals surface area contributed by atoms with Crippen LogP contribution in [0.1, 0.15) is 84.5 Å². The van der Waals surface area contributed by atoms with Gasteiger partial charge in [0.25, 0.3) is 5.91 Å². The second kappa shape index (κ2) is 15.3. The Morgan fingerprint density at radius 1 is 0.920 bits per heavy atom. The Morgan fingerprint density at radius 3 is 1.96 bits per heavy atom. The summed E-state index contributed by atoms with van der Waals surface area (Å²) in [5.41, 5.74) is 5.32. The Morgan fingerprint density at radius 2 is 1.44 bits per heavy atom. The van der Waals surface area contributed by atoms with Gasteiger partial charge in [0.1, 0.15) is 11.8 Å². The number of aliphatic hydroxyl groups excluding tert-OH is 1. The van der Waals surface area contributed by atoms with Crippen molar-refractivity contribution >= 4 is 11.7 Å². The zero-order chi connectivity index (χ0) is 19.1. The summed E-state index contributed by atoms with van der Waals surface area (Å²) in [6.07, 6.45) is 11.5. The van der Waals surface area contributed by atoms with Crippen LogP contribution in [0.4, 0.5) is 0 Å². The van der Waals surface area contributed by atoms with Gasteiger partial charge in [-0.15, -0.1) is 0 Å². The molecule has 6 nitrogen and oxygen atoms in total. The minimum Gasteiger partial charge on any atom is -0.394 e. The van der Waals surface area contributed by atoms with Gasteiger partial charge >= 0.3 is 0 Å². The highest BCUT2D eigenvalue weighted by atomic mass is 16.5. The predicted molar refractivity (Wildman–Crippen MR) is 99.2 cm³/mol. The van der Waals surface area contributed by atoms with Crippen LogP contribution in [-0.2, 0) is 9.59 Å². The van der Waals surface area contributed by atoms with Gasteiger partial charge in [0.05, 0.1) is 13.2 Å². The van der Waals surface area contributed by atoms with Crippen molar-refractivity contribution in [2.45, 2.75) is 90.5 Å². The van der Waals surface area contributed by atoms with Gasteiger partial charge in [-0.25, -0.2) is 5.06 Å². The van der Waals surface area contributed by atoms with E-state index < -0.39 is 18.6 Å². The number of rotatable bonds is 16. The lowest BCUT2D eigenvalue weighted by atomic mass is 10.0. The Bertz CT molecular complexity index is 361. The van der Waals surface area contributed by atoms with Crippen LogP contribution in [0.5, 0.6) is 0 Å². The lowest BCUT2D eigenvalue weighted by molar-refractivity contribution is -0.168. The molecule has 25 heavy (non-hydrogen) atoms. The van der Waals surface area contributed by atoms with E-state index in [1.165, 1.54) is 38.5 Å². The molecule has 1 amide bonds. The number of nitrogens with two attached hydrogens (primary N) is 1. The molecular weight excluding hydrogens is 320 g/mol. The zero-order valence-corrected chi connectivity index (χ0v) is 16.1. The van der Waals surface area contributed by atoms with Crippen LogP contribution in [0.3, 0.4) is 0 Å². The van der Waals surface area contributed by atoms with E-state index >= 15 is 0 Å². The van der Waals surface area contributed by atoms with E-state index in [-0.39, 0.29) is 18.7 Å². The standard InChI is InChI=1S/C19H38N2O4/c1-16(2)11-9-7-5-3-4-6-8-10-12-17(23)13-14-21(25)19(24)18(20)15-22/h16,18,22,25H,3-15,20H2,1-2H3. The molecule has 0 heterocycles. The second-order valence-electron chi connectivity index (χ2n) is 7.30. The van der Waals surface area contributed by atoms with Gasteiger partial charge in [-0.3, -0.25) is 14.8 Å². The predicted octanol–water partition coefficient (Wildman–Crippen LogP) is 3.04. The SMILES string of the molecule is CC(C)CCCCCCCCCCC(=O)CCN(O)C(=O)C(N)CO. The third kappa shape index (κ3) is 13.9. The van der Waals surface area contributed by atoms with Crippen molar-refractivity contribution in [1.82, 2.24) is 5.06 Å². The molecule has 0 spiro atoms. The summed E-state index contributed by atoms with van der Waals surface area (Å²) in [6.45, 7) is 3.94. The Balaban J connectivity index is 3.48. The van der Waals surface area contributed by atoms with Crippen LogP contribution in [0.25, 0.3) is 0 Å². The Labute approximate surface area is 152 Å². The number of carbonyl (C=O) groups is 2. The van der Waals surface area contributed by atoms with Crippen molar-refractivity contribution in [1.29, 1.82) is 0 Å². The maximum absolute atomic E-state index is 11.7. The number of amides is 1. The highest BCUT2D eigenvalue weighted by Gasteiger charge is 2.19. The van der Waals surface area contributed by atoms with E-state index in [1.807, 2.05) is 0 Å². The molecule has 0 bridgehead atoms. The van der Waals surface area contributed by atoms with Gasteiger partial charge in [-0.1, -0.05) is 65.2 Å². The molecule has 0 radical (unpaired) electrons. The zero-order valence-electron chi connectivity index (χ0n) is 16.1. The number of aliphatic hydroxyl groups is 1. The van der Waals surface area contributed by atoms with Gasteiger partial charge in [-0.05, 0) is 12.3 Å². The number of hydrogen-bond donors (Lipinski definition) is 3. The maximum Gasteiger partial charge on any atom is 0.265 e. The molecule has 0 aliphatic carbocycles. The van der Waals surface area contributed by atoms with Crippen molar-refractivity contribution in [3.05, 3.63) is 0 Å². The normalized spacial score (nSPS) is 12.4. The van der Waals surface area contributed by atoms with Gasteiger partial charge in [0.15, 0.2) is 0 Å². The van der Waals surface area contributed by atoms with Crippen molar-refractivity contribution in [2.24, 2.45) is 11.7 Å². The first kappa shape index (κ1) is 24.0. The van der Waals surface area contributed by atoms with E-state index in [9.17, 15) is 14.8 Å². The first-order valence-corrected chi connectivity index (χ1v) is 9.76. The summed E-state index contributed by atoms with van der Waals surface area (Å²) >= 11 is 0. The molecule has 0 saturated carbocycles. The molecule has 0 saturated heterocycles. The number of ketones is 1. The number of unbranched alkanes of at least 4 members (excludes halogenated alkanes) is 7. The Kier molecular flexibility index (Phi) is 14.7. The lowest BCUT2D eigenvalue weighted by Gasteiger charge is -2.17. The van der Waals surface area contributed by atoms with Gasteiger partial charge in [0, 0.05) is 12.8 Å². The van der Waals surface area contributed by atoms with Crippen LogP contribution < -0.4 is 5.73 Å². The smallest absolute Gasteiger partial charge is 0.265 e. The molecule has 0 fully saturated rings. The molecule has 4 N–H and O–H groups in total. The number of hydrogen-bond acceptors (Lipinski definition) is 5. The fourth-order valence-electron chi connectivity index (χ4n) is 2.67. The summed E-state index contributed by atoms with van der Waals surface area (Å²) in [6, 6.07) is -1.13. The summed E-state index contributed by atoms with van der Waals surface area (Å²) in [7, 11) is 0. The summed E-state index contributed by atoms with van der Waals surface area (Å²) in [4.78, 5) is 23.2. The molecule has 1 atom stereocenters. The van der Waals surface area contributed by atoms with Gasteiger partial charge in [-0.2, -0.15) is 0 Å². The van der Waals surface area contributed by atoms with E-state index in [0.717, 1.165) is 25.2 Å². The number of hydroxylamine groups is 2. The monoisotopic (exact) mass is 358 g/mol. The third-order valence-electron chi connectivity index (χ3n) is 4.36. The number of Topliss-reactive ketones (excluding diaryl/α,β-unsaturated/α-hetero) is 1. The molecule has 0 aromatic carbocycles. The molecule has 0 rings (SSSR count). The van der Waals surface area contributed by atoms with Crippen molar-refractivity contribution < 1.29 is 19.9 Å². The average molecular weight is 359 g/mol. The second-order valence-corrected chi connectivity index (χ2v) is 7.30. The maximum atomic E-state index is 11.7. The molecule has 148 valence electrons. The molecule has 0 aliphatic rings.